The second-order valence-electron chi connectivity index (χ2n) is 6.34. The van der Waals surface area contributed by atoms with Gasteiger partial charge in [-0.2, -0.15) is 0 Å². The highest BCUT2D eigenvalue weighted by atomic mass is 16.7. The lowest BCUT2D eigenvalue weighted by molar-refractivity contribution is 0.00578. The number of aliphatic hydroxyl groups excluding tert-OH is 1. The average molecular weight is 276 g/mol. The van der Waals surface area contributed by atoms with Gasteiger partial charge in [0.2, 0.25) is 0 Å². The van der Waals surface area contributed by atoms with Crippen molar-refractivity contribution >= 4 is 7.12 Å². The van der Waals surface area contributed by atoms with Crippen LogP contribution in [-0.4, -0.2) is 23.4 Å². The lowest BCUT2D eigenvalue weighted by atomic mass is 9.75. The zero-order chi connectivity index (χ0) is 15.7. The molecule has 0 spiro atoms. The van der Waals surface area contributed by atoms with Crippen molar-refractivity contribution in [2.75, 3.05) is 0 Å². The van der Waals surface area contributed by atoms with Crippen molar-refractivity contribution in [2.24, 2.45) is 0 Å². The Hall–Kier alpha value is -1.26. The van der Waals surface area contributed by atoms with Gasteiger partial charge >= 0.3 is 7.12 Å². The van der Waals surface area contributed by atoms with Gasteiger partial charge in [-0.3, -0.25) is 0 Å². The molecule has 0 aliphatic carbocycles. The molecule has 1 rings (SSSR count). The van der Waals surface area contributed by atoms with Crippen molar-refractivity contribution in [3.8, 4) is 0 Å². The summed E-state index contributed by atoms with van der Waals surface area (Å²) < 4.78 is 12.0. The molecule has 3 nitrogen and oxygen atoms in total. The first kappa shape index (κ1) is 16.8. The highest BCUT2D eigenvalue weighted by Gasteiger charge is 2.52. The first-order valence-corrected chi connectivity index (χ1v) is 6.77. The summed E-state index contributed by atoms with van der Waals surface area (Å²) in [6.07, 6.45) is 3.37. The fraction of sp³-hybridized carbons (Fsp3) is 0.500. The molecule has 110 valence electrons. The van der Waals surface area contributed by atoms with Crippen LogP contribution in [-0.2, 0) is 9.31 Å². The summed E-state index contributed by atoms with van der Waals surface area (Å²) in [7, 11) is -0.619. The molecular formula is C16H25BO3. The maximum absolute atomic E-state index is 10.3. The van der Waals surface area contributed by atoms with Crippen LogP contribution >= 0.6 is 0 Å². The molecule has 1 fully saturated rings. The van der Waals surface area contributed by atoms with Crippen molar-refractivity contribution in [1.29, 1.82) is 0 Å². The number of rotatable bonds is 4. The number of hydrogen-bond acceptors (Lipinski definition) is 3. The van der Waals surface area contributed by atoms with E-state index in [9.17, 15) is 5.11 Å². The van der Waals surface area contributed by atoms with Gasteiger partial charge in [-0.1, -0.05) is 30.9 Å². The molecule has 0 aromatic carbocycles. The quantitative estimate of drug-likeness (QED) is 0.476. The second-order valence-corrected chi connectivity index (χ2v) is 6.34. The van der Waals surface area contributed by atoms with E-state index in [0.717, 1.165) is 5.57 Å². The first-order valence-electron chi connectivity index (χ1n) is 6.77. The van der Waals surface area contributed by atoms with E-state index in [1.165, 1.54) is 6.08 Å². The van der Waals surface area contributed by atoms with E-state index >= 15 is 0 Å². The summed E-state index contributed by atoms with van der Waals surface area (Å²) in [6, 6.07) is 0. The molecule has 1 N–H and O–H groups in total. The second kappa shape index (κ2) is 5.62. The smallest absolute Gasteiger partial charge is 0.498 e. The van der Waals surface area contributed by atoms with Gasteiger partial charge in [0.15, 0.2) is 0 Å². The third-order valence-electron chi connectivity index (χ3n) is 3.78. The Morgan fingerprint density at radius 1 is 1.10 bits per heavy atom. The van der Waals surface area contributed by atoms with Gasteiger partial charge in [0.25, 0.3) is 0 Å². The zero-order valence-corrected chi connectivity index (χ0v) is 13.4. The molecule has 0 amide bonds. The summed E-state index contributed by atoms with van der Waals surface area (Å²) in [4.78, 5) is 0. The normalized spacial score (nSPS) is 21.2. The van der Waals surface area contributed by atoms with E-state index in [-0.39, 0.29) is 5.76 Å². The van der Waals surface area contributed by atoms with Crippen LogP contribution < -0.4 is 0 Å². The maximum atomic E-state index is 10.3. The van der Waals surface area contributed by atoms with Gasteiger partial charge in [0, 0.05) is 11.0 Å². The molecule has 1 aliphatic rings. The van der Waals surface area contributed by atoms with Crippen LogP contribution in [0.5, 0.6) is 0 Å². The number of hydrogen-bond donors (Lipinski definition) is 1. The van der Waals surface area contributed by atoms with Gasteiger partial charge in [0.1, 0.15) is 5.76 Å². The fourth-order valence-electron chi connectivity index (χ4n) is 1.81. The van der Waals surface area contributed by atoms with Crippen LogP contribution in [0.4, 0.5) is 0 Å². The highest BCUT2D eigenvalue weighted by Crippen LogP contribution is 2.39. The molecule has 0 aromatic heterocycles. The predicted octanol–water partition coefficient (Wildman–Crippen LogP) is 4.14. The van der Waals surface area contributed by atoms with E-state index in [4.69, 9.17) is 9.31 Å². The van der Waals surface area contributed by atoms with E-state index in [1.54, 1.807) is 0 Å². The monoisotopic (exact) mass is 276 g/mol. The first-order chi connectivity index (χ1) is 9.01. The SMILES string of the molecule is C=CC(=C)/C(O)=C(\C=C(C)C)B1OC(C)(C)C(C)(C)O1. The van der Waals surface area contributed by atoms with E-state index in [0.29, 0.717) is 11.0 Å². The predicted molar refractivity (Wildman–Crippen MR) is 84.5 cm³/mol. The fourth-order valence-corrected chi connectivity index (χ4v) is 1.81. The zero-order valence-electron chi connectivity index (χ0n) is 13.4. The Balaban J connectivity index is 3.27. The van der Waals surface area contributed by atoms with Crippen molar-refractivity contribution in [1.82, 2.24) is 0 Å². The minimum absolute atomic E-state index is 0.0553. The van der Waals surface area contributed by atoms with Gasteiger partial charge in [-0.15, -0.1) is 0 Å². The molecule has 1 heterocycles. The molecule has 20 heavy (non-hydrogen) atoms. The highest BCUT2D eigenvalue weighted by molar-refractivity contribution is 6.56. The Morgan fingerprint density at radius 3 is 1.90 bits per heavy atom. The van der Waals surface area contributed by atoms with Gasteiger partial charge in [-0.25, -0.2) is 0 Å². The molecular weight excluding hydrogens is 251 g/mol. The van der Waals surface area contributed by atoms with Crippen LogP contribution in [0.1, 0.15) is 41.5 Å². The third kappa shape index (κ3) is 3.25. The Labute approximate surface area is 122 Å². The molecule has 0 radical (unpaired) electrons. The minimum atomic E-state index is -0.619. The van der Waals surface area contributed by atoms with Crippen LogP contribution in [0.15, 0.2) is 47.7 Å². The maximum Gasteiger partial charge on any atom is 0.498 e. The largest absolute Gasteiger partial charge is 0.508 e. The number of aliphatic hydroxyl groups is 1. The van der Waals surface area contributed by atoms with Crippen LogP contribution in [0.25, 0.3) is 0 Å². The Morgan fingerprint density at radius 2 is 1.55 bits per heavy atom. The lowest BCUT2D eigenvalue weighted by Gasteiger charge is -2.32. The molecule has 1 saturated heterocycles. The Bertz CT molecular complexity index is 464. The Kier molecular flexibility index (Phi) is 4.72. The van der Waals surface area contributed by atoms with Crippen LogP contribution in [0, 0.1) is 0 Å². The molecule has 4 heteroatoms. The summed E-state index contributed by atoms with van der Waals surface area (Å²) >= 11 is 0. The van der Waals surface area contributed by atoms with Gasteiger partial charge in [-0.05, 0) is 41.5 Å². The van der Waals surface area contributed by atoms with Crippen LogP contribution in [0.2, 0.25) is 0 Å². The molecule has 0 atom stereocenters. The molecule has 0 saturated carbocycles. The van der Waals surface area contributed by atoms with Crippen molar-refractivity contribution in [3.63, 3.8) is 0 Å². The average Bonchev–Trinajstić information content (AvgIpc) is 2.53. The van der Waals surface area contributed by atoms with E-state index in [2.05, 4.69) is 13.2 Å². The standard InChI is InChI=1S/C16H25BO3/c1-9-12(4)14(18)13(10-11(2)3)17-19-15(5,6)16(7,8)20-17/h9-10,18H,1,4H2,2-3,5-8H3/b14-13-. The van der Waals surface area contributed by atoms with Crippen LogP contribution in [0.3, 0.4) is 0 Å². The van der Waals surface area contributed by atoms with E-state index in [1.807, 2.05) is 47.6 Å². The van der Waals surface area contributed by atoms with Gasteiger partial charge in [0.05, 0.1) is 11.2 Å². The molecule has 0 unspecified atom stereocenters. The molecule has 0 aromatic rings. The van der Waals surface area contributed by atoms with E-state index < -0.39 is 18.3 Å². The molecule has 0 bridgehead atoms. The number of allylic oxidation sites excluding steroid dienone is 4. The van der Waals surface area contributed by atoms with Crippen molar-refractivity contribution < 1.29 is 14.4 Å². The summed E-state index contributed by atoms with van der Waals surface area (Å²) in [5.41, 5.74) is 1.17. The summed E-state index contributed by atoms with van der Waals surface area (Å²) in [5.74, 6) is 0.0553. The van der Waals surface area contributed by atoms with Crippen molar-refractivity contribution in [3.05, 3.63) is 47.7 Å². The topological polar surface area (TPSA) is 38.7 Å². The minimum Gasteiger partial charge on any atom is -0.508 e. The van der Waals surface area contributed by atoms with Crippen molar-refractivity contribution in [2.45, 2.75) is 52.7 Å². The molecule has 1 aliphatic heterocycles. The summed E-state index contributed by atoms with van der Waals surface area (Å²) in [5, 5.41) is 10.3. The third-order valence-corrected chi connectivity index (χ3v) is 3.78. The van der Waals surface area contributed by atoms with Gasteiger partial charge < -0.3 is 14.4 Å². The summed E-state index contributed by atoms with van der Waals surface area (Å²) in [6.45, 7) is 19.2. The lowest BCUT2D eigenvalue weighted by Crippen LogP contribution is -2.41.